The largest absolute Gasteiger partial charge is 0.496 e. The maximum atomic E-state index is 12.7. The standard InChI is InChI=1S/C23H31BrO4/c1-15(2)9-11-27-21-13-18(19(25)14-24)23(28-12-10-16(3)4)22-17(21)7-6-8-20(22)26-5/h6-8,13,15-16H,9-12,14H2,1-5H3. The van der Waals surface area contributed by atoms with Gasteiger partial charge in [-0.25, -0.2) is 0 Å². The van der Waals surface area contributed by atoms with E-state index >= 15 is 0 Å². The van der Waals surface area contributed by atoms with Crippen LogP contribution in [-0.4, -0.2) is 31.4 Å². The van der Waals surface area contributed by atoms with E-state index < -0.39 is 0 Å². The van der Waals surface area contributed by atoms with E-state index in [1.165, 1.54) is 0 Å². The minimum absolute atomic E-state index is 0.0407. The molecule has 4 nitrogen and oxygen atoms in total. The Bertz CT molecular complexity index is 799. The summed E-state index contributed by atoms with van der Waals surface area (Å²) < 4.78 is 17.8. The van der Waals surface area contributed by atoms with Crippen LogP contribution in [0.3, 0.4) is 0 Å². The van der Waals surface area contributed by atoms with Gasteiger partial charge in [-0.05, 0) is 36.8 Å². The van der Waals surface area contributed by atoms with Crippen LogP contribution in [0.1, 0.15) is 50.9 Å². The number of hydrogen-bond donors (Lipinski definition) is 0. The average molecular weight is 451 g/mol. The third kappa shape index (κ3) is 5.63. The van der Waals surface area contributed by atoms with Gasteiger partial charge in [0.15, 0.2) is 5.78 Å². The van der Waals surface area contributed by atoms with E-state index in [1.807, 2.05) is 24.3 Å². The molecule has 0 spiro atoms. The molecule has 0 unspecified atom stereocenters. The van der Waals surface area contributed by atoms with Crippen LogP contribution in [0.2, 0.25) is 0 Å². The van der Waals surface area contributed by atoms with Crippen molar-refractivity contribution in [2.75, 3.05) is 25.7 Å². The number of hydrogen-bond acceptors (Lipinski definition) is 4. The topological polar surface area (TPSA) is 44.8 Å². The molecule has 5 heteroatoms. The first-order chi connectivity index (χ1) is 13.4. The van der Waals surface area contributed by atoms with Gasteiger partial charge in [0, 0.05) is 5.39 Å². The number of benzene rings is 2. The molecule has 154 valence electrons. The summed E-state index contributed by atoms with van der Waals surface area (Å²) in [6, 6.07) is 7.62. The number of ether oxygens (including phenoxy) is 3. The Labute approximate surface area is 176 Å². The van der Waals surface area contributed by atoms with Gasteiger partial charge in [-0.3, -0.25) is 4.79 Å². The monoisotopic (exact) mass is 450 g/mol. The van der Waals surface area contributed by atoms with Crippen molar-refractivity contribution in [3.8, 4) is 17.2 Å². The van der Waals surface area contributed by atoms with Gasteiger partial charge < -0.3 is 14.2 Å². The highest BCUT2D eigenvalue weighted by Gasteiger charge is 2.22. The third-order valence-electron chi connectivity index (χ3n) is 4.57. The second-order valence-corrected chi connectivity index (χ2v) is 8.31. The first kappa shape index (κ1) is 22.5. The molecule has 0 aliphatic carbocycles. The predicted molar refractivity (Wildman–Crippen MR) is 119 cm³/mol. The first-order valence-corrected chi connectivity index (χ1v) is 11.0. The summed E-state index contributed by atoms with van der Waals surface area (Å²) in [5.41, 5.74) is 0.525. The van der Waals surface area contributed by atoms with E-state index in [0.717, 1.165) is 23.6 Å². The Morgan fingerprint density at radius 3 is 2.21 bits per heavy atom. The molecule has 0 aliphatic heterocycles. The summed E-state index contributed by atoms with van der Waals surface area (Å²) >= 11 is 3.30. The summed E-state index contributed by atoms with van der Waals surface area (Å²) in [6.07, 6.45) is 1.85. The molecule has 28 heavy (non-hydrogen) atoms. The van der Waals surface area contributed by atoms with Crippen molar-refractivity contribution < 1.29 is 19.0 Å². The molecule has 0 amide bonds. The smallest absolute Gasteiger partial charge is 0.177 e. The molecule has 2 aromatic rings. The van der Waals surface area contributed by atoms with Gasteiger partial charge >= 0.3 is 0 Å². The normalized spacial score (nSPS) is 11.3. The molecule has 0 aliphatic rings. The molecule has 2 rings (SSSR count). The van der Waals surface area contributed by atoms with Crippen LogP contribution < -0.4 is 14.2 Å². The molecule has 0 heterocycles. The molecule has 0 atom stereocenters. The van der Waals surface area contributed by atoms with E-state index in [-0.39, 0.29) is 11.1 Å². The molecule has 0 saturated carbocycles. The Morgan fingerprint density at radius 1 is 1.00 bits per heavy atom. The van der Waals surface area contributed by atoms with Crippen molar-refractivity contribution in [1.29, 1.82) is 0 Å². The van der Waals surface area contributed by atoms with Gasteiger partial charge in [-0.1, -0.05) is 55.8 Å². The van der Waals surface area contributed by atoms with Crippen LogP contribution in [0.4, 0.5) is 0 Å². The highest BCUT2D eigenvalue weighted by molar-refractivity contribution is 9.09. The quantitative estimate of drug-likeness (QED) is 0.298. The number of methoxy groups -OCH3 is 1. The van der Waals surface area contributed by atoms with Gasteiger partial charge in [0.05, 0.1) is 36.6 Å². The van der Waals surface area contributed by atoms with Crippen molar-refractivity contribution in [2.24, 2.45) is 11.8 Å². The number of carbonyl (C=O) groups excluding carboxylic acids is 1. The minimum atomic E-state index is -0.0407. The fraction of sp³-hybridized carbons (Fsp3) is 0.522. The van der Waals surface area contributed by atoms with E-state index in [2.05, 4.69) is 43.6 Å². The zero-order valence-electron chi connectivity index (χ0n) is 17.5. The summed E-state index contributed by atoms with van der Waals surface area (Å²) in [4.78, 5) is 12.7. The zero-order chi connectivity index (χ0) is 20.7. The lowest BCUT2D eigenvalue weighted by Crippen LogP contribution is -2.10. The zero-order valence-corrected chi connectivity index (χ0v) is 19.1. The van der Waals surface area contributed by atoms with E-state index in [0.29, 0.717) is 47.9 Å². The fourth-order valence-corrected chi connectivity index (χ4v) is 3.20. The molecule has 0 radical (unpaired) electrons. The van der Waals surface area contributed by atoms with E-state index in [9.17, 15) is 4.79 Å². The number of carbonyl (C=O) groups is 1. The maximum absolute atomic E-state index is 12.7. The van der Waals surface area contributed by atoms with E-state index in [1.54, 1.807) is 7.11 Å². The number of fused-ring (bicyclic) bond motifs is 1. The van der Waals surface area contributed by atoms with Gasteiger partial charge in [-0.15, -0.1) is 0 Å². The SMILES string of the molecule is COc1cccc2c(OCCC(C)C)cc(C(=O)CBr)c(OCCC(C)C)c12. The van der Waals surface area contributed by atoms with Crippen molar-refractivity contribution in [3.63, 3.8) is 0 Å². The van der Waals surface area contributed by atoms with Crippen molar-refractivity contribution in [2.45, 2.75) is 40.5 Å². The molecule has 0 saturated heterocycles. The van der Waals surface area contributed by atoms with Crippen LogP contribution >= 0.6 is 15.9 Å². The summed E-state index contributed by atoms with van der Waals surface area (Å²) in [7, 11) is 1.63. The Morgan fingerprint density at radius 2 is 1.64 bits per heavy atom. The number of ketones is 1. The maximum Gasteiger partial charge on any atom is 0.177 e. The second kappa shape index (κ2) is 10.7. The number of halogens is 1. The Balaban J connectivity index is 2.60. The molecule has 2 aromatic carbocycles. The first-order valence-electron chi connectivity index (χ1n) is 9.87. The highest BCUT2D eigenvalue weighted by Crippen LogP contribution is 2.42. The number of rotatable bonds is 11. The Kier molecular flexibility index (Phi) is 8.61. The molecular weight excluding hydrogens is 420 g/mol. The lowest BCUT2D eigenvalue weighted by Gasteiger charge is -2.19. The molecule has 0 bridgehead atoms. The summed E-state index contributed by atoms with van der Waals surface area (Å²) in [6.45, 7) is 9.77. The lowest BCUT2D eigenvalue weighted by molar-refractivity contribution is 0.101. The third-order valence-corrected chi connectivity index (χ3v) is 5.08. The van der Waals surface area contributed by atoms with Gasteiger partial charge in [0.25, 0.3) is 0 Å². The van der Waals surface area contributed by atoms with Crippen LogP contribution in [0.25, 0.3) is 10.8 Å². The van der Waals surface area contributed by atoms with Crippen LogP contribution in [0, 0.1) is 11.8 Å². The summed E-state index contributed by atoms with van der Waals surface area (Å²) in [5, 5.41) is 1.91. The van der Waals surface area contributed by atoms with Crippen LogP contribution in [-0.2, 0) is 0 Å². The lowest BCUT2D eigenvalue weighted by atomic mass is 10.0. The van der Waals surface area contributed by atoms with Crippen molar-refractivity contribution in [3.05, 3.63) is 29.8 Å². The molecular formula is C23H31BrO4. The van der Waals surface area contributed by atoms with Gasteiger partial charge in [0.2, 0.25) is 0 Å². The highest BCUT2D eigenvalue weighted by atomic mass is 79.9. The number of alkyl halides is 1. The van der Waals surface area contributed by atoms with Crippen LogP contribution in [0.5, 0.6) is 17.2 Å². The molecule has 0 N–H and O–H groups in total. The van der Waals surface area contributed by atoms with Crippen molar-refractivity contribution in [1.82, 2.24) is 0 Å². The Hall–Kier alpha value is -1.75. The molecule has 0 aromatic heterocycles. The predicted octanol–water partition coefficient (Wildman–Crippen LogP) is 6.28. The van der Waals surface area contributed by atoms with E-state index in [4.69, 9.17) is 14.2 Å². The average Bonchev–Trinajstić information content (AvgIpc) is 2.67. The summed E-state index contributed by atoms with van der Waals surface area (Å²) in [5.74, 6) is 2.96. The number of Topliss-reactive ketones (excluding diaryl/α,β-unsaturated/α-hetero) is 1. The fourth-order valence-electron chi connectivity index (χ4n) is 2.90. The second-order valence-electron chi connectivity index (χ2n) is 7.75. The minimum Gasteiger partial charge on any atom is -0.496 e. The van der Waals surface area contributed by atoms with Crippen molar-refractivity contribution >= 4 is 32.5 Å². The van der Waals surface area contributed by atoms with Gasteiger partial charge in [0.1, 0.15) is 17.2 Å². The molecule has 0 fully saturated rings. The van der Waals surface area contributed by atoms with Gasteiger partial charge in [-0.2, -0.15) is 0 Å². The van der Waals surface area contributed by atoms with Crippen LogP contribution in [0.15, 0.2) is 24.3 Å².